The number of cyclic esters (lactones) is 2. The molecule has 4 rings (SSSR count). The van der Waals surface area contributed by atoms with Crippen LogP contribution >= 0.6 is 0 Å². The quantitative estimate of drug-likeness (QED) is 0.480. The van der Waals surface area contributed by atoms with Crippen molar-refractivity contribution in [1.82, 2.24) is 4.72 Å². The van der Waals surface area contributed by atoms with E-state index in [1.54, 1.807) is 31.2 Å². The third-order valence-electron chi connectivity index (χ3n) is 5.16. The van der Waals surface area contributed by atoms with Gasteiger partial charge in [-0.25, -0.2) is 13.1 Å². The van der Waals surface area contributed by atoms with Gasteiger partial charge < -0.3 is 9.47 Å². The summed E-state index contributed by atoms with van der Waals surface area (Å²) in [5, 5.41) is 0. The highest BCUT2D eigenvalue weighted by Crippen LogP contribution is 2.56. The maximum atomic E-state index is 12.5. The zero-order valence-electron chi connectivity index (χ0n) is 13.7. The number of fused-ring (bicyclic) bond motifs is 5. The average molecular weight is 363 g/mol. The van der Waals surface area contributed by atoms with Crippen LogP contribution in [0, 0.1) is 18.8 Å². The van der Waals surface area contributed by atoms with Crippen LogP contribution < -0.4 is 4.72 Å². The van der Waals surface area contributed by atoms with E-state index >= 15 is 0 Å². The highest BCUT2D eigenvalue weighted by atomic mass is 32.2. The van der Waals surface area contributed by atoms with Crippen LogP contribution in [0.25, 0.3) is 0 Å². The van der Waals surface area contributed by atoms with Crippen LogP contribution in [-0.4, -0.2) is 38.1 Å². The highest BCUT2D eigenvalue weighted by Gasteiger charge is 2.71. The molecule has 3 aliphatic heterocycles. The Bertz CT molecular complexity index is 906. The maximum absolute atomic E-state index is 12.5. The van der Waals surface area contributed by atoms with E-state index in [1.807, 2.05) is 6.92 Å². The van der Waals surface area contributed by atoms with E-state index in [4.69, 9.17) is 9.47 Å². The van der Waals surface area contributed by atoms with Crippen molar-refractivity contribution in [2.75, 3.05) is 6.54 Å². The normalized spacial score (nSPS) is 35.9. The second-order valence-corrected chi connectivity index (χ2v) is 8.67. The van der Waals surface area contributed by atoms with E-state index in [0.717, 1.165) is 5.56 Å². The summed E-state index contributed by atoms with van der Waals surface area (Å²) in [6.07, 6.45) is 3.36. The molecule has 4 unspecified atom stereocenters. The van der Waals surface area contributed by atoms with Crippen LogP contribution in [0.3, 0.4) is 0 Å². The first-order valence-electron chi connectivity index (χ1n) is 7.89. The predicted molar refractivity (Wildman–Crippen MR) is 85.8 cm³/mol. The second kappa shape index (κ2) is 5.00. The van der Waals surface area contributed by atoms with Gasteiger partial charge in [-0.1, -0.05) is 29.8 Å². The molecule has 0 spiro atoms. The monoisotopic (exact) mass is 363 g/mol. The van der Waals surface area contributed by atoms with Crippen molar-refractivity contribution in [1.29, 1.82) is 0 Å². The van der Waals surface area contributed by atoms with E-state index in [9.17, 15) is 18.0 Å². The van der Waals surface area contributed by atoms with Gasteiger partial charge in [-0.05, 0) is 26.0 Å². The van der Waals surface area contributed by atoms with Crippen molar-refractivity contribution < 1.29 is 27.5 Å². The Morgan fingerprint density at radius 3 is 2.40 bits per heavy atom. The number of carbonyl (C=O) groups excluding carboxylic acids is 2. The number of carbonyl (C=O) groups is 2. The van der Waals surface area contributed by atoms with Crippen LogP contribution in [0.15, 0.2) is 41.3 Å². The van der Waals surface area contributed by atoms with Crippen LogP contribution in [0.4, 0.5) is 0 Å². The number of ether oxygens (including phenoxy) is 2. The average Bonchev–Trinajstić information content (AvgIpc) is 3.14. The van der Waals surface area contributed by atoms with E-state index in [-0.39, 0.29) is 11.4 Å². The summed E-state index contributed by atoms with van der Waals surface area (Å²) in [5.74, 6) is -2.87. The van der Waals surface area contributed by atoms with Gasteiger partial charge in [0.15, 0.2) is 0 Å². The van der Waals surface area contributed by atoms with Crippen molar-refractivity contribution in [3.8, 4) is 0 Å². The molecule has 1 aromatic rings. The lowest BCUT2D eigenvalue weighted by atomic mass is 9.72. The number of hydrogen-bond acceptors (Lipinski definition) is 6. The largest absolute Gasteiger partial charge is 0.393 e. The zero-order chi connectivity index (χ0) is 18.0. The smallest absolute Gasteiger partial charge is 0.320 e. The van der Waals surface area contributed by atoms with Gasteiger partial charge in [0.25, 0.3) is 0 Å². The van der Waals surface area contributed by atoms with E-state index in [1.165, 1.54) is 12.1 Å². The van der Waals surface area contributed by atoms with Crippen LogP contribution in [0.5, 0.6) is 0 Å². The van der Waals surface area contributed by atoms with Gasteiger partial charge in [-0.2, -0.15) is 0 Å². The van der Waals surface area contributed by atoms with Gasteiger partial charge in [0.05, 0.1) is 10.5 Å². The summed E-state index contributed by atoms with van der Waals surface area (Å²) in [6, 6.07) is 6.42. The number of aryl methyl sites for hydroxylation is 1. The molecular formula is C17H17NO6S. The molecule has 4 atom stereocenters. The molecule has 2 bridgehead atoms. The molecule has 1 N–H and O–H groups in total. The summed E-state index contributed by atoms with van der Waals surface area (Å²) in [4.78, 5) is 24.2. The summed E-state index contributed by atoms with van der Waals surface area (Å²) in [5.41, 5.74) is -1.22. The van der Waals surface area contributed by atoms with E-state index < -0.39 is 45.0 Å². The molecular weight excluding hydrogens is 346 g/mol. The van der Waals surface area contributed by atoms with Gasteiger partial charge in [0.2, 0.25) is 10.0 Å². The molecule has 3 aliphatic rings. The van der Waals surface area contributed by atoms with E-state index in [0.29, 0.717) is 0 Å². The molecule has 132 valence electrons. The van der Waals surface area contributed by atoms with Crippen molar-refractivity contribution in [3.05, 3.63) is 42.0 Å². The molecule has 7 nitrogen and oxygen atoms in total. The SMILES string of the molecule is Cc1ccc(S(=O)(=O)NCC23C=CC(C)(O2)C2C(=O)OC(=O)C23)cc1. The Kier molecular flexibility index (Phi) is 3.29. The molecule has 2 saturated heterocycles. The fraction of sp³-hybridized carbons (Fsp3) is 0.412. The minimum atomic E-state index is -3.77. The first-order valence-corrected chi connectivity index (χ1v) is 9.38. The van der Waals surface area contributed by atoms with Crippen LogP contribution in [-0.2, 0) is 29.1 Å². The standard InChI is InChI=1S/C17H17NO6S/c1-10-3-5-11(6-4-10)25(21,22)18-9-17-8-7-16(2,24-17)12-13(17)15(20)23-14(12)19/h3-8,12-13,18H,9H2,1-2H3. The predicted octanol–water partition coefficient (Wildman–Crippen LogP) is 0.687. The Hall–Kier alpha value is -2.03. The third kappa shape index (κ3) is 2.28. The molecule has 3 heterocycles. The summed E-state index contributed by atoms with van der Waals surface area (Å²) in [7, 11) is -3.77. The summed E-state index contributed by atoms with van der Waals surface area (Å²) < 4.78 is 38.2. The lowest BCUT2D eigenvalue weighted by Crippen LogP contribution is -2.47. The zero-order valence-corrected chi connectivity index (χ0v) is 14.5. The molecule has 0 aromatic heterocycles. The Balaban J connectivity index is 1.61. The highest BCUT2D eigenvalue weighted by molar-refractivity contribution is 7.89. The van der Waals surface area contributed by atoms with Crippen molar-refractivity contribution in [2.45, 2.75) is 29.9 Å². The van der Waals surface area contributed by atoms with Crippen molar-refractivity contribution >= 4 is 22.0 Å². The van der Waals surface area contributed by atoms with Crippen LogP contribution in [0.1, 0.15) is 12.5 Å². The number of hydrogen-bond donors (Lipinski definition) is 1. The van der Waals surface area contributed by atoms with Crippen molar-refractivity contribution in [2.24, 2.45) is 11.8 Å². The first-order chi connectivity index (χ1) is 11.7. The third-order valence-corrected chi connectivity index (χ3v) is 6.58. The molecule has 25 heavy (non-hydrogen) atoms. The number of esters is 2. The first kappa shape index (κ1) is 16.4. The number of nitrogens with one attached hydrogen (secondary N) is 1. The molecule has 0 radical (unpaired) electrons. The fourth-order valence-corrected chi connectivity index (χ4v) is 4.95. The fourth-order valence-electron chi connectivity index (χ4n) is 3.88. The van der Waals surface area contributed by atoms with Crippen molar-refractivity contribution in [3.63, 3.8) is 0 Å². The topological polar surface area (TPSA) is 98.8 Å². The summed E-state index contributed by atoms with van der Waals surface area (Å²) >= 11 is 0. The Labute approximate surface area is 145 Å². The summed E-state index contributed by atoms with van der Waals surface area (Å²) in [6.45, 7) is 3.41. The molecule has 0 aliphatic carbocycles. The van der Waals surface area contributed by atoms with E-state index in [2.05, 4.69) is 4.72 Å². The minimum absolute atomic E-state index is 0.124. The molecule has 0 saturated carbocycles. The molecule has 2 fully saturated rings. The molecule has 8 heteroatoms. The maximum Gasteiger partial charge on any atom is 0.320 e. The lowest BCUT2D eigenvalue weighted by molar-refractivity contribution is -0.160. The lowest BCUT2D eigenvalue weighted by Gasteiger charge is -2.27. The molecule has 0 amide bonds. The van der Waals surface area contributed by atoms with Gasteiger partial charge in [0.1, 0.15) is 17.4 Å². The molecule has 1 aromatic carbocycles. The number of benzene rings is 1. The number of sulfonamides is 1. The van der Waals surface area contributed by atoms with Gasteiger partial charge in [0, 0.05) is 6.54 Å². The Morgan fingerprint density at radius 2 is 1.72 bits per heavy atom. The minimum Gasteiger partial charge on any atom is -0.393 e. The number of rotatable bonds is 4. The Morgan fingerprint density at radius 1 is 1.08 bits per heavy atom. The van der Waals surface area contributed by atoms with Gasteiger partial charge in [-0.15, -0.1) is 0 Å². The van der Waals surface area contributed by atoms with Gasteiger partial charge >= 0.3 is 11.9 Å². The van der Waals surface area contributed by atoms with Gasteiger partial charge in [-0.3, -0.25) is 9.59 Å². The second-order valence-electron chi connectivity index (χ2n) is 6.91. The van der Waals surface area contributed by atoms with Crippen LogP contribution in [0.2, 0.25) is 0 Å².